The molecule has 0 fully saturated rings. The molecule has 0 bridgehead atoms. The Labute approximate surface area is 280 Å². The van der Waals surface area contributed by atoms with Crippen molar-refractivity contribution >= 4 is 33.4 Å². The monoisotopic (exact) mass is 699 g/mol. The number of aliphatic hydroxyl groups is 1. The summed E-state index contributed by atoms with van der Waals surface area (Å²) < 4.78 is 24.0. The van der Waals surface area contributed by atoms with Crippen molar-refractivity contribution < 1.29 is 28.8 Å². The molecule has 11 nitrogen and oxygen atoms in total. The number of methoxy groups -OCH3 is 2. The molecule has 1 aliphatic heterocycles. The van der Waals surface area contributed by atoms with Crippen LogP contribution in [-0.2, 0) is 22.5 Å². The lowest BCUT2D eigenvalue weighted by Gasteiger charge is -2.32. The van der Waals surface area contributed by atoms with Gasteiger partial charge in [-0.05, 0) is 53.6 Å². The number of ether oxygens (including phenoxy) is 4. The van der Waals surface area contributed by atoms with Crippen molar-refractivity contribution in [2.75, 3.05) is 27.4 Å². The number of halogens is 1. The summed E-state index contributed by atoms with van der Waals surface area (Å²) in [7, 11) is 3.13. The van der Waals surface area contributed by atoms with Crippen molar-refractivity contribution in [1.82, 2.24) is 5.32 Å². The molecule has 1 aliphatic rings. The summed E-state index contributed by atoms with van der Waals surface area (Å²) in [6.07, 6.45) is -0.301. The number of hydrogen-bond donors (Lipinski definition) is 2. The number of hydrogen-bond acceptors (Lipinski definition) is 8. The molecule has 0 spiro atoms. The van der Waals surface area contributed by atoms with Crippen LogP contribution in [0.4, 0.5) is 5.69 Å². The molecule has 0 aromatic heterocycles. The lowest BCUT2D eigenvalue weighted by atomic mass is 9.81. The second-order valence-corrected chi connectivity index (χ2v) is 11.5. The van der Waals surface area contributed by atoms with Gasteiger partial charge in [-0.3, -0.25) is 4.79 Å². The van der Waals surface area contributed by atoms with Gasteiger partial charge in [-0.15, -0.1) is 0 Å². The first-order valence-electron chi connectivity index (χ1n) is 14.9. The van der Waals surface area contributed by atoms with Gasteiger partial charge in [0.2, 0.25) is 5.90 Å². The van der Waals surface area contributed by atoms with E-state index in [4.69, 9.17) is 29.0 Å². The van der Waals surface area contributed by atoms with Gasteiger partial charge in [0.05, 0.1) is 20.8 Å². The molecule has 0 saturated carbocycles. The summed E-state index contributed by atoms with van der Waals surface area (Å²) in [5.41, 5.74) is 10.9. The summed E-state index contributed by atoms with van der Waals surface area (Å²) in [4.78, 5) is 22.8. The van der Waals surface area contributed by atoms with Crippen LogP contribution in [0.3, 0.4) is 0 Å². The highest BCUT2D eigenvalue weighted by Gasteiger charge is 2.54. The molecule has 5 rings (SSSR count). The molecule has 4 aromatic rings. The quantitative estimate of drug-likeness (QED) is 0.0628. The summed E-state index contributed by atoms with van der Waals surface area (Å²) in [6, 6.07) is 27.2. The molecule has 47 heavy (non-hydrogen) atoms. The molecule has 0 aliphatic carbocycles. The van der Waals surface area contributed by atoms with Gasteiger partial charge in [-0.1, -0.05) is 63.5 Å². The molecule has 12 heteroatoms. The molecule has 4 aromatic carbocycles. The SMILES string of the molecule is COc1ccc(CNC(=O)[C@]2(Cc3ccccc3Br)N=C(c3ccc(OCCCO)cc3)O[C@@H]2c2ccccc2N=[N+]=[N-])c(OC)c1. The number of aliphatic hydroxyl groups excluding tert-OH is 1. The zero-order valence-electron chi connectivity index (χ0n) is 25.9. The third-order valence-corrected chi connectivity index (χ3v) is 8.53. The molecular weight excluding hydrogens is 666 g/mol. The molecule has 0 unspecified atom stereocenters. The maximum atomic E-state index is 14.7. The first kappa shape index (κ1) is 33.3. The Bertz CT molecular complexity index is 1790. The summed E-state index contributed by atoms with van der Waals surface area (Å²) in [5, 5.41) is 16.1. The van der Waals surface area contributed by atoms with Gasteiger partial charge in [-0.25, -0.2) is 4.99 Å². The van der Waals surface area contributed by atoms with Crippen LogP contribution >= 0.6 is 15.9 Å². The van der Waals surface area contributed by atoms with Crippen LogP contribution in [0.25, 0.3) is 10.4 Å². The fraction of sp³-hybridized carbons (Fsp3) is 0.257. The van der Waals surface area contributed by atoms with Crippen molar-refractivity contribution in [3.05, 3.63) is 128 Å². The van der Waals surface area contributed by atoms with Crippen molar-refractivity contribution in [2.24, 2.45) is 10.1 Å². The zero-order valence-corrected chi connectivity index (χ0v) is 27.5. The maximum Gasteiger partial charge on any atom is 0.252 e. The molecule has 1 amide bonds. The van der Waals surface area contributed by atoms with Gasteiger partial charge in [0.1, 0.15) is 17.2 Å². The Morgan fingerprint density at radius 2 is 1.77 bits per heavy atom. The predicted octanol–water partition coefficient (Wildman–Crippen LogP) is 6.99. The van der Waals surface area contributed by atoms with Gasteiger partial charge in [0, 0.05) is 63.8 Å². The Morgan fingerprint density at radius 1 is 1.02 bits per heavy atom. The van der Waals surface area contributed by atoms with E-state index in [0.717, 1.165) is 15.6 Å². The van der Waals surface area contributed by atoms with E-state index in [2.05, 4.69) is 31.3 Å². The topological polar surface area (TPSA) is 147 Å². The van der Waals surface area contributed by atoms with Crippen LogP contribution in [0.5, 0.6) is 17.2 Å². The van der Waals surface area contributed by atoms with E-state index in [1.54, 1.807) is 74.9 Å². The van der Waals surface area contributed by atoms with E-state index in [9.17, 15) is 10.3 Å². The maximum absolute atomic E-state index is 14.7. The van der Waals surface area contributed by atoms with Crippen molar-refractivity contribution in [3.63, 3.8) is 0 Å². The largest absolute Gasteiger partial charge is 0.497 e. The minimum absolute atomic E-state index is 0.0361. The van der Waals surface area contributed by atoms with Gasteiger partial charge < -0.3 is 29.4 Å². The molecule has 0 saturated heterocycles. The Hall–Kier alpha value is -5.03. The average molecular weight is 701 g/mol. The highest BCUT2D eigenvalue weighted by atomic mass is 79.9. The lowest BCUT2D eigenvalue weighted by molar-refractivity contribution is -0.129. The molecule has 1 heterocycles. The smallest absolute Gasteiger partial charge is 0.252 e. The van der Waals surface area contributed by atoms with Gasteiger partial charge in [-0.2, -0.15) is 0 Å². The summed E-state index contributed by atoms with van der Waals surface area (Å²) in [5.74, 6) is 1.66. The van der Waals surface area contributed by atoms with E-state index >= 15 is 0 Å². The van der Waals surface area contributed by atoms with E-state index in [-0.39, 0.29) is 25.5 Å². The Morgan fingerprint density at radius 3 is 2.49 bits per heavy atom. The van der Waals surface area contributed by atoms with Crippen molar-refractivity contribution in [1.29, 1.82) is 0 Å². The van der Waals surface area contributed by atoms with Crippen molar-refractivity contribution in [3.8, 4) is 17.2 Å². The van der Waals surface area contributed by atoms with Gasteiger partial charge in [0.25, 0.3) is 5.91 Å². The number of azide groups is 1. The molecule has 2 N–H and O–H groups in total. The number of rotatable bonds is 14. The fourth-order valence-electron chi connectivity index (χ4n) is 5.37. The minimum Gasteiger partial charge on any atom is -0.497 e. The van der Waals surface area contributed by atoms with Gasteiger partial charge in [0.15, 0.2) is 11.6 Å². The highest BCUT2D eigenvalue weighted by Crippen LogP contribution is 2.46. The number of aliphatic imine (C=N–C) groups is 1. The van der Waals surface area contributed by atoms with E-state index in [0.29, 0.717) is 47.1 Å². The Kier molecular flexibility index (Phi) is 11.0. The zero-order chi connectivity index (χ0) is 33.2. The van der Waals surface area contributed by atoms with E-state index < -0.39 is 17.6 Å². The number of nitrogens with zero attached hydrogens (tertiary/aromatic N) is 4. The van der Waals surface area contributed by atoms with Crippen LogP contribution in [-0.4, -0.2) is 49.9 Å². The average Bonchev–Trinajstić information content (AvgIpc) is 3.49. The molecule has 2 atom stereocenters. The number of benzene rings is 4. The number of nitrogens with one attached hydrogen (secondary N) is 1. The minimum atomic E-state index is -1.53. The number of carbonyl (C=O) groups is 1. The van der Waals surface area contributed by atoms with Crippen molar-refractivity contribution in [2.45, 2.75) is 31.0 Å². The molecule has 0 radical (unpaired) electrons. The summed E-state index contributed by atoms with van der Waals surface area (Å²) in [6.45, 7) is 0.549. The summed E-state index contributed by atoms with van der Waals surface area (Å²) >= 11 is 3.65. The molecule has 242 valence electrons. The third-order valence-electron chi connectivity index (χ3n) is 7.75. The van der Waals surface area contributed by atoms with Crippen LogP contribution in [0, 0.1) is 0 Å². The van der Waals surface area contributed by atoms with Crippen LogP contribution in [0.15, 0.2) is 106 Å². The normalized spacial score (nSPS) is 16.8. The Balaban J connectivity index is 1.61. The number of amides is 1. The third kappa shape index (κ3) is 7.52. The first-order valence-corrected chi connectivity index (χ1v) is 15.7. The first-order chi connectivity index (χ1) is 22.9. The second-order valence-electron chi connectivity index (χ2n) is 10.7. The highest BCUT2D eigenvalue weighted by molar-refractivity contribution is 9.10. The van der Waals surface area contributed by atoms with Crippen LogP contribution in [0.2, 0.25) is 0 Å². The fourth-order valence-corrected chi connectivity index (χ4v) is 5.79. The number of carbonyl (C=O) groups excluding carboxylic acids is 1. The predicted molar refractivity (Wildman–Crippen MR) is 181 cm³/mol. The van der Waals surface area contributed by atoms with E-state index in [1.807, 2.05) is 30.3 Å². The lowest BCUT2D eigenvalue weighted by Crippen LogP contribution is -2.49. The van der Waals surface area contributed by atoms with E-state index in [1.165, 1.54) is 0 Å². The second kappa shape index (κ2) is 15.5. The standard InChI is InChI=1S/C35H34BrN5O6/c1-44-27-17-14-25(31(20-27)45-2)22-38-34(43)35(21-24-8-3-5-10-29(24)36)32(28-9-4-6-11-30(28)40-41-37)47-33(39-35)23-12-15-26(16-13-23)46-19-7-18-42/h3-6,8-17,20,32,42H,7,18-19,21-22H2,1-2H3,(H,38,43)/t32-,35-/m1/s1. The molecular formula is C35H34BrN5O6. The van der Waals surface area contributed by atoms with Crippen LogP contribution in [0.1, 0.15) is 34.8 Å². The van der Waals surface area contributed by atoms with Gasteiger partial charge >= 0.3 is 0 Å². The van der Waals surface area contributed by atoms with Crippen LogP contribution < -0.4 is 19.5 Å².